The molecular weight excluding hydrogens is 239 g/mol. The monoisotopic (exact) mass is 264 g/mol. The van der Waals surface area contributed by atoms with Crippen molar-refractivity contribution in [2.24, 2.45) is 5.92 Å². The van der Waals surface area contributed by atoms with Crippen molar-refractivity contribution in [2.75, 3.05) is 18.0 Å². The Morgan fingerprint density at radius 2 is 2.16 bits per heavy atom. The summed E-state index contributed by atoms with van der Waals surface area (Å²) in [5.41, 5.74) is 2.27. The Morgan fingerprint density at radius 3 is 2.79 bits per heavy atom. The van der Waals surface area contributed by atoms with Crippen LogP contribution in [0.1, 0.15) is 39.2 Å². The second-order valence-corrected chi connectivity index (χ2v) is 5.79. The topological polar surface area (TPSA) is 15.3 Å². The van der Waals surface area contributed by atoms with Gasteiger partial charge < -0.3 is 10.2 Å². The van der Waals surface area contributed by atoms with Crippen LogP contribution in [0.15, 0.2) is 18.2 Å². The van der Waals surface area contributed by atoms with Crippen molar-refractivity contribution in [3.8, 4) is 0 Å². The summed E-state index contributed by atoms with van der Waals surface area (Å²) in [4.78, 5) is 2.42. The molecule has 19 heavy (non-hydrogen) atoms. The fourth-order valence-corrected chi connectivity index (χ4v) is 3.01. The van der Waals surface area contributed by atoms with E-state index in [-0.39, 0.29) is 5.82 Å². The van der Waals surface area contributed by atoms with E-state index in [9.17, 15) is 4.39 Å². The molecular formula is C16H25FN2. The summed E-state index contributed by atoms with van der Waals surface area (Å²) in [5.74, 6) is 0.577. The van der Waals surface area contributed by atoms with Crippen LogP contribution in [-0.4, -0.2) is 19.1 Å². The summed E-state index contributed by atoms with van der Waals surface area (Å²) in [6.45, 7) is 9.49. The van der Waals surface area contributed by atoms with Crippen LogP contribution in [0.5, 0.6) is 0 Å². The molecule has 1 aliphatic rings. The van der Waals surface area contributed by atoms with E-state index in [1.807, 2.05) is 6.07 Å². The molecule has 0 aliphatic carbocycles. The zero-order chi connectivity index (χ0) is 13.8. The minimum Gasteiger partial charge on any atom is -0.368 e. The van der Waals surface area contributed by atoms with Gasteiger partial charge in [-0.3, -0.25) is 0 Å². The van der Waals surface area contributed by atoms with Gasteiger partial charge in [0.15, 0.2) is 0 Å². The first-order chi connectivity index (χ1) is 9.11. The number of benzene rings is 1. The van der Waals surface area contributed by atoms with Gasteiger partial charge in [0.2, 0.25) is 0 Å². The first kappa shape index (κ1) is 14.3. The summed E-state index contributed by atoms with van der Waals surface area (Å²) < 4.78 is 13.5. The normalized spacial score (nSPS) is 23.1. The third-order valence-corrected chi connectivity index (χ3v) is 3.88. The van der Waals surface area contributed by atoms with Gasteiger partial charge in [0.1, 0.15) is 5.82 Å². The van der Waals surface area contributed by atoms with E-state index in [1.165, 1.54) is 12.1 Å². The van der Waals surface area contributed by atoms with Gasteiger partial charge in [0, 0.05) is 24.8 Å². The first-order valence-electron chi connectivity index (χ1n) is 7.37. The Hall–Kier alpha value is -1.09. The van der Waals surface area contributed by atoms with E-state index in [0.717, 1.165) is 37.5 Å². The molecule has 0 saturated carbocycles. The van der Waals surface area contributed by atoms with Crippen molar-refractivity contribution in [3.05, 3.63) is 29.6 Å². The summed E-state index contributed by atoms with van der Waals surface area (Å²) in [5, 5.41) is 3.38. The number of hydrogen-bond acceptors (Lipinski definition) is 2. The van der Waals surface area contributed by atoms with Gasteiger partial charge in [-0.05, 0) is 56.0 Å². The smallest absolute Gasteiger partial charge is 0.123 e. The average Bonchev–Trinajstić information content (AvgIpc) is 2.69. The lowest BCUT2D eigenvalue weighted by molar-refractivity contribution is 0.616. The zero-order valence-electron chi connectivity index (χ0n) is 12.2. The number of rotatable bonds is 5. The minimum absolute atomic E-state index is 0.142. The molecule has 2 rings (SSSR count). The maximum absolute atomic E-state index is 13.5. The summed E-state index contributed by atoms with van der Waals surface area (Å²) in [6, 6.07) is 5.74. The molecule has 1 saturated heterocycles. The highest BCUT2D eigenvalue weighted by Gasteiger charge is 2.27. The number of nitrogens with one attached hydrogen (secondary N) is 1. The standard InChI is InChI=1S/C16H25FN2/c1-4-7-18-10-14-9-15(17)5-6-16(14)19-11-12(2)8-13(19)3/h5-6,9,12-13,18H,4,7-8,10-11H2,1-3H3. The number of halogens is 1. The molecule has 106 valence electrons. The molecule has 3 heteroatoms. The van der Waals surface area contributed by atoms with Gasteiger partial charge >= 0.3 is 0 Å². The highest BCUT2D eigenvalue weighted by molar-refractivity contribution is 5.55. The molecule has 2 unspecified atom stereocenters. The SMILES string of the molecule is CCCNCc1cc(F)ccc1N1CC(C)CC1C. The largest absolute Gasteiger partial charge is 0.368 e. The predicted molar refractivity (Wildman–Crippen MR) is 79.0 cm³/mol. The van der Waals surface area contributed by atoms with Crippen molar-refractivity contribution < 1.29 is 4.39 Å². The molecule has 1 aromatic rings. The van der Waals surface area contributed by atoms with E-state index < -0.39 is 0 Å². The first-order valence-corrected chi connectivity index (χ1v) is 7.37. The van der Waals surface area contributed by atoms with E-state index in [2.05, 4.69) is 31.0 Å². The number of anilines is 1. The quantitative estimate of drug-likeness (QED) is 0.818. The van der Waals surface area contributed by atoms with Crippen LogP contribution in [0.4, 0.5) is 10.1 Å². The fraction of sp³-hybridized carbons (Fsp3) is 0.625. The summed E-state index contributed by atoms with van der Waals surface area (Å²) >= 11 is 0. The van der Waals surface area contributed by atoms with Crippen LogP contribution in [-0.2, 0) is 6.54 Å². The average molecular weight is 264 g/mol. The molecule has 1 fully saturated rings. The number of nitrogens with zero attached hydrogens (tertiary/aromatic N) is 1. The molecule has 2 atom stereocenters. The number of hydrogen-bond donors (Lipinski definition) is 1. The van der Waals surface area contributed by atoms with Crippen LogP contribution >= 0.6 is 0 Å². The Morgan fingerprint density at radius 1 is 1.37 bits per heavy atom. The van der Waals surface area contributed by atoms with Crippen molar-refractivity contribution in [1.82, 2.24) is 5.32 Å². The van der Waals surface area contributed by atoms with E-state index >= 15 is 0 Å². The van der Waals surface area contributed by atoms with Crippen LogP contribution in [0, 0.1) is 11.7 Å². The third-order valence-electron chi connectivity index (χ3n) is 3.88. The highest BCUT2D eigenvalue weighted by atomic mass is 19.1. The zero-order valence-corrected chi connectivity index (χ0v) is 12.2. The predicted octanol–water partition coefficient (Wildman–Crippen LogP) is 3.56. The van der Waals surface area contributed by atoms with Crippen LogP contribution in [0.25, 0.3) is 0 Å². The molecule has 0 spiro atoms. The Bertz CT molecular complexity index is 419. The van der Waals surface area contributed by atoms with Crippen LogP contribution < -0.4 is 10.2 Å². The van der Waals surface area contributed by atoms with Gasteiger partial charge in [0.25, 0.3) is 0 Å². The van der Waals surface area contributed by atoms with Crippen molar-refractivity contribution >= 4 is 5.69 Å². The Kier molecular flexibility index (Phi) is 4.81. The molecule has 1 heterocycles. The molecule has 0 radical (unpaired) electrons. The molecule has 0 aromatic heterocycles. The van der Waals surface area contributed by atoms with Crippen molar-refractivity contribution in [1.29, 1.82) is 0 Å². The molecule has 1 aromatic carbocycles. The van der Waals surface area contributed by atoms with Gasteiger partial charge in [0.05, 0.1) is 0 Å². The van der Waals surface area contributed by atoms with E-state index in [0.29, 0.717) is 6.04 Å². The molecule has 0 bridgehead atoms. The van der Waals surface area contributed by atoms with Gasteiger partial charge in [-0.25, -0.2) is 4.39 Å². The highest BCUT2D eigenvalue weighted by Crippen LogP contribution is 2.31. The third kappa shape index (κ3) is 3.47. The Balaban J connectivity index is 2.18. The van der Waals surface area contributed by atoms with Gasteiger partial charge in [-0.15, -0.1) is 0 Å². The molecule has 1 aliphatic heterocycles. The lowest BCUT2D eigenvalue weighted by Gasteiger charge is -2.26. The van der Waals surface area contributed by atoms with Gasteiger partial charge in [-0.2, -0.15) is 0 Å². The van der Waals surface area contributed by atoms with Gasteiger partial charge in [-0.1, -0.05) is 13.8 Å². The molecule has 0 amide bonds. The summed E-state index contributed by atoms with van der Waals surface area (Å²) in [7, 11) is 0. The maximum Gasteiger partial charge on any atom is 0.123 e. The maximum atomic E-state index is 13.5. The van der Waals surface area contributed by atoms with Crippen molar-refractivity contribution in [3.63, 3.8) is 0 Å². The second-order valence-electron chi connectivity index (χ2n) is 5.79. The molecule has 2 nitrogen and oxygen atoms in total. The van der Waals surface area contributed by atoms with Crippen molar-refractivity contribution in [2.45, 2.75) is 46.2 Å². The van der Waals surface area contributed by atoms with E-state index in [1.54, 1.807) is 12.1 Å². The van der Waals surface area contributed by atoms with Crippen LogP contribution in [0.2, 0.25) is 0 Å². The lowest BCUT2D eigenvalue weighted by atomic mass is 10.1. The van der Waals surface area contributed by atoms with E-state index in [4.69, 9.17) is 0 Å². The lowest BCUT2D eigenvalue weighted by Crippen LogP contribution is -2.28. The minimum atomic E-state index is -0.142. The second kappa shape index (κ2) is 6.38. The Labute approximate surface area is 116 Å². The fourth-order valence-electron chi connectivity index (χ4n) is 3.01. The van der Waals surface area contributed by atoms with Crippen LogP contribution in [0.3, 0.4) is 0 Å². The molecule has 1 N–H and O–H groups in total. The summed E-state index contributed by atoms with van der Waals surface area (Å²) in [6.07, 6.45) is 2.32.